The first-order chi connectivity index (χ1) is 11.4. The highest BCUT2D eigenvalue weighted by molar-refractivity contribution is 7.89. The van der Waals surface area contributed by atoms with Crippen LogP contribution in [0.4, 0.5) is 5.69 Å². The van der Waals surface area contributed by atoms with Crippen LogP contribution in [0.15, 0.2) is 53.4 Å². The van der Waals surface area contributed by atoms with Gasteiger partial charge in [-0.1, -0.05) is 41.9 Å². The number of hydrogen-bond acceptors (Lipinski definition) is 3. The molecule has 0 radical (unpaired) electrons. The molecule has 1 amide bonds. The highest BCUT2D eigenvalue weighted by Gasteiger charge is 2.31. The van der Waals surface area contributed by atoms with Crippen LogP contribution in [0.3, 0.4) is 0 Å². The van der Waals surface area contributed by atoms with Crippen molar-refractivity contribution in [1.82, 2.24) is 4.72 Å². The molecule has 1 N–H and O–H groups in total. The maximum Gasteiger partial charge on any atom is 0.242 e. The third-order valence-corrected chi connectivity index (χ3v) is 5.92. The van der Waals surface area contributed by atoms with Gasteiger partial charge in [0.2, 0.25) is 15.9 Å². The topological polar surface area (TPSA) is 66.5 Å². The van der Waals surface area contributed by atoms with Gasteiger partial charge in [0.1, 0.15) is 4.90 Å². The molecule has 1 aliphatic heterocycles. The number of benzene rings is 2. The van der Waals surface area contributed by atoms with E-state index in [1.165, 1.54) is 12.1 Å². The van der Waals surface area contributed by atoms with E-state index in [-0.39, 0.29) is 28.4 Å². The van der Waals surface area contributed by atoms with Gasteiger partial charge in [0.15, 0.2) is 0 Å². The van der Waals surface area contributed by atoms with E-state index in [1.807, 2.05) is 31.2 Å². The highest BCUT2D eigenvalue weighted by atomic mass is 35.5. The minimum Gasteiger partial charge on any atom is -0.308 e. The molecule has 126 valence electrons. The quantitative estimate of drug-likeness (QED) is 0.906. The lowest BCUT2D eigenvalue weighted by molar-refractivity contribution is -0.117. The molecule has 0 spiro atoms. The molecule has 7 heteroatoms. The number of hydrogen-bond donors (Lipinski definition) is 1. The molecule has 24 heavy (non-hydrogen) atoms. The van der Waals surface area contributed by atoms with E-state index in [2.05, 4.69) is 4.72 Å². The molecule has 0 aromatic heterocycles. The first-order valence-electron chi connectivity index (χ1n) is 7.54. The van der Waals surface area contributed by atoms with E-state index in [9.17, 15) is 13.2 Å². The van der Waals surface area contributed by atoms with Crippen molar-refractivity contribution in [2.75, 3.05) is 11.4 Å². The number of amides is 1. The molecule has 0 bridgehead atoms. The first kappa shape index (κ1) is 17.0. The summed E-state index contributed by atoms with van der Waals surface area (Å²) in [6.45, 7) is 1.63. The molecule has 0 aliphatic carbocycles. The van der Waals surface area contributed by atoms with Crippen molar-refractivity contribution in [2.24, 2.45) is 0 Å². The Kier molecular flexibility index (Phi) is 4.62. The van der Waals surface area contributed by atoms with E-state index in [1.54, 1.807) is 17.0 Å². The fourth-order valence-corrected chi connectivity index (χ4v) is 4.42. The molecule has 1 unspecified atom stereocenters. The minimum absolute atomic E-state index is 0.000262. The number of rotatable bonds is 4. The van der Waals surface area contributed by atoms with Gasteiger partial charge in [-0.05, 0) is 37.1 Å². The molecule has 0 fully saturated rings. The Morgan fingerprint density at radius 3 is 2.62 bits per heavy atom. The summed E-state index contributed by atoms with van der Waals surface area (Å²) in [6.07, 6.45) is 0.763. The second-order valence-corrected chi connectivity index (χ2v) is 7.84. The minimum atomic E-state index is -3.84. The second-order valence-electron chi connectivity index (χ2n) is 5.70. The lowest BCUT2D eigenvalue weighted by Gasteiger charge is -2.23. The van der Waals surface area contributed by atoms with Gasteiger partial charge in [-0.15, -0.1) is 0 Å². The SMILES string of the molecule is CC1Cc2ccccc2N1C(=O)CNS(=O)(=O)c1ccccc1Cl. The first-order valence-corrected chi connectivity index (χ1v) is 9.40. The number of carbonyl (C=O) groups is 1. The van der Waals surface area contributed by atoms with Gasteiger partial charge >= 0.3 is 0 Å². The van der Waals surface area contributed by atoms with Crippen molar-refractivity contribution >= 4 is 33.2 Å². The van der Waals surface area contributed by atoms with Gasteiger partial charge in [0.25, 0.3) is 0 Å². The summed E-state index contributed by atoms with van der Waals surface area (Å²) in [5.74, 6) is -0.289. The van der Waals surface area contributed by atoms with Crippen molar-refractivity contribution in [3.8, 4) is 0 Å². The number of para-hydroxylation sites is 1. The summed E-state index contributed by atoms with van der Waals surface area (Å²) in [7, 11) is -3.84. The van der Waals surface area contributed by atoms with E-state index in [4.69, 9.17) is 11.6 Å². The number of halogens is 1. The van der Waals surface area contributed by atoms with Crippen LogP contribution in [0.2, 0.25) is 5.02 Å². The molecule has 1 heterocycles. The molecule has 1 aliphatic rings. The normalized spacial score (nSPS) is 16.9. The van der Waals surface area contributed by atoms with Crippen LogP contribution < -0.4 is 9.62 Å². The molecule has 0 saturated heterocycles. The number of anilines is 1. The molecular formula is C17H17ClN2O3S. The van der Waals surface area contributed by atoms with E-state index < -0.39 is 10.0 Å². The Labute approximate surface area is 146 Å². The molecule has 2 aromatic rings. The zero-order valence-electron chi connectivity index (χ0n) is 13.1. The van der Waals surface area contributed by atoms with E-state index >= 15 is 0 Å². The Bertz CT molecular complexity index is 883. The van der Waals surface area contributed by atoms with E-state index in [0.717, 1.165) is 17.7 Å². The van der Waals surface area contributed by atoms with Crippen molar-refractivity contribution in [1.29, 1.82) is 0 Å². The maximum atomic E-state index is 12.5. The number of sulfonamides is 1. The van der Waals surface area contributed by atoms with Crippen LogP contribution in [0.1, 0.15) is 12.5 Å². The maximum absolute atomic E-state index is 12.5. The number of carbonyl (C=O) groups excluding carboxylic acids is 1. The lowest BCUT2D eigenvalue weighted by Crippen LogP contribution is -2.43. The average Bonchev–Trinajstić information content (AvgIpc) is 2.89. The van der Waals surface area contributed by atoms with Gasteiger partial charge < -0.3 is 4.90 Å². The third-order valence-electron chi connectivity index (χ3n) is 4.02. The highest BCUT2D eigenvalue weighted by Crippen LogP contribution is 2.31. The summed E-state index contributed by atoms with van der Waals surface area (Å²) in [5, 5.41) is 0.123. The number of fused-ring (bicyclic) bond motifs is 1. The van der Waals surface area contributed by atoms with Gasteiger partial charge in [-0.3, -0.25) is 4.79 Å². The fourth-order valence-electron chi connectivity index (χ4n) is 2.93. The molecule has 5 nitrogen and oxygen atoms in total. The Balaban J connectivity index is 1.76. The van der Waals surface area contributed by atoms with Crippen molar-refractivity contribution < 1.29 is 13.2 Å². The summed E-state index contributed by atoms with van der Waals surface area (Å²) in [5.41, 5.74) is 1.93. The summed E-state index contributed by atoms with van der Waals surface area (Å²) in [4.78, 5) is 14.2. The van der Waals surface area contributed by atoms with Gasteiger partial charge in [0.05, 0.1) is 11.6 Å². The Hall–Kier alpha value is -1.89. The van der Waals surface area contributed by atoms with Crippen LogP contribution in [0.25, 0.3) is 0 Å². The van der Waals surface area contributed by atoms with Crippen molar-refractivity contribution in [3.05, 3.63) is 59.1 Å². The monoisotopic (exact) mass is 364 g/mol. The fraction of sp³-hybridized carbons (Fsp3) is 0.235. The van der Waals surface area contributed by atoms with Crippen LogP contribution in [-0.2, 0) is 21.2 Å². The Morgan fingerprint density at radius 2 is 1.88 bits per heavy atom. The molecule has 3 rings (SSSR count). The van der Waals surface area contributed by atoms with Gasteiger partial charge in [-0.25, -0.2) is 13.1 Å². The molecule has 2 aromatic carbocycles. The molecule has 0 saturated carbocycles. The second kappa shape index (κ2) is 6.55. The molecular weight excluding hydrogens is 348 g/mol. The van der Waals surface area contributed by atoms with Crippen LogP contribution in [0.5, 0.6) is 0 Å². The third kappa shape index (κ3) is 3.17. The zero-order chi connectivity index (χ0) is 17.3. The predicted octanol–water partition coefficient (Wildman–Crippen LogP) is 2.60. The van der Waals surface area contributed by atoms with Crippen LogP contribution >= 0.6 is 11.6 Å². The van der Waals surface area contributed by atoms with Crippen molar-refractivity contribution in [2.45, 2.75) is 24.3 Å². The van der Waals surface area contributed by atoms with Gasteiger partial charge in [0, 0.05) is 11.7 Å². The average molecular weight is 365 g/mol. The molecule has 1 atom stereocenters. The number of nitrogens with zero attached hydrogens (tertiary/aromatic N) is 1. The standard InChI is InChI=1S/C17H17ClN2O3S/c1-12-10-13-6-2-4-8-15(13)20(12)17(21)11-19-24(22,23)16-9-5-3-7-14(16)18/h2-9,12,19H,10-11H2,1H3. The predicted molar refractivity (Wildman–Crippen MR) is 93.7 cm³/mol. The zero-order valence-corrected chi connectivity index (χ0v) is 14.6. The smallest absolute Gasteiger partial charge is 0.242 e. The summed E-state index contributed by atoms with van der Waals surface area (Å²) < 4.78 is 27.0. The summed E-state index contributed by atoms with van der Waals surface area (Å²) in [6, 6.07) is 13.8. The van der Waals surface area contributed by atoms with Gasteiger partial charge in [-0.2, -0.15) is 0 Å². The van der Waals surface area contributed by atoms with Crippen molar-refractivity contribution in [3.63, 3.8) is 0 Å². The van der Waals surface area contributed by atoms with Crippen LogP contribution in [0, 0.1) is 0 Å². The Morgan fingerprint density at radius 1 is 1.21 bits per heavy atom. The van der Waals surface area contributed by atoms with E-state index in [0.29, 0.717) is 0 Å². The largest absolute Gasteiger partial charge is 0.308 e. The number of nitrogens with one attached hydrogen (secondary N) is 1. The summed E-state index contributed by atoms with van der Waals surface area (Å²) >= 11 is 5.93. The lowest BCUT2D eigenvalue weighted by atomic mass is 10.1. The van der Waals surface area contributed by atoms with Crippen LogP contribution in [-0.4, -0.2) is 26.9 Å².